The predicted octanol–water partition coefficient (Wildman–Crippen LogP) is 0.440. The topological polar surface area (TPSA) is 62.5 Å². The molecule has 1 amide bonds. The molecule has 1 atom stereocenters. The molecular weight excluding hydrogens is 216 g/mol. The van der Waals surface area contributed by atoms with Gasteiger partial charge in [0.15, 0.2) is 0 Å². The van der Waals surface area contributed by atoms with Crippen molar-refractivity contribution < 1.29 is 4.79 Å². The molecule has 17 heavy (non-hydrogen) atoms. The van der Waals surface area contributed by atoms with Crippen molar-refractivity contribution >= 4 is 11.7 Å². The van der Waals surface area contributed by atoms with Crippen LogP contribution in [0.15, 0.2) is 18.3 Å². The summed E-state index contributed by atoms with van der Waals surface area (Å²) in [5.74, 6) is 0.433. The first-order valence-corrected chi connectivity index (χ1v) is 5.75. The number of rotatable bonds is 2. The summed E-state index contributed by atoms with van der Waals surface area (Å²) in [7, 11) is 4.09. The first-order valence-electron chi connectivity index (χ1n) is 5.75. The second-order valence-electron chi connectivity index (χ2n) is 4.63. The average molecular weight is 234 g/mol. The molecule has 2 N–H and O–H groups in total. The summed E-state index contributed by atoms with van der Waals surface area (Å²) >= 11 is 0. The zero-order chi connectivity index (χ0) is 12.4. The van der Waals surface area contributed by atoms with Crippen LogP contribution in [0.4, 0.5) is 5.82 Å². The van der Waals surface area contributed by atoms with E-state index in [1.54, 1.807) is 18.3 Å². The summed E-state index contributed by atoms with van der Waals surface area (Å²) in [6.45, 7) is 1.60. The van der Waals surface area contributed by atoms with Crippen LogP contribution in [-0.2, 0) is 0 Å². The third-order valence-electron chi connectivity index (χ3n) is 3.21. The van der Waals surface area contributed by atoms with E-state index in [-0.39, 0.29) is 5.91 Å². The molecule has 0 bridgehead atoms. The number of amides is 1. The van der Waals surface area contributed by atoms with Gasteiger partial charge in [-0.2, -0.15) is 0 Å². The summed E-state index contributed by atoms with van der Waals surface area (Å²) < 4.78 is 0. The SMILES string of the molecule is CN(C)C1CCN(C(=O)c2ccnc(N)c2)C1. The van der Waals surface area contributed by atoms with Crippen molar-refractivity contribution in [3.05, 3.63) is 23.9 Å². The van der Waals surface area contributed by atoms with Gasteiger partial charge in [-0.15, -0.1) is 0 Å². The Morgan fingerprint density at radius 2 is 2.35 bits per heavy atom. The Hall–Kier alpha value is -1.62. The van der Waals surface area contributed by atoms with Crippen molar-refractivity contribution in [1.82, 2.24) is 14.8 Å². The third-order valence-corrected chi connectivity index (χ3v) is 3.21. The van der Waals surface area contributed by atoms with Crippen LogP contribution in [0.2, 0.25) is 0 Å². The van der Waals surface area contributed by atoms with Crippen molar-refractivity contribution in [1.29, 1.82) is 0 Å². The van der Waals surface area contributed by atoms with Gasteiger partial charge < -0.3 is 15.5 Å². The van der Waals surface area contributed by atoms with Crippen molar-refractivity contribution in [3.63, 3.8) is 0 Å². The minimum atomic E-state index is 0.0449. The van der Waals surface area contributed by atoms with Crippen LogP contribution in [-0.4, -0.2) is 53.9 Å². The molecule has 0 saturated carbocycles. The molecule has 0 aliphatic carbocycles. The molecule has 0 spiro atoms. The zero-order valence-corrected chi connectivity index (χ0v) is 10.3. The standard InChI is InChI=1S/C12H18N4O/c1-15(2)10-4-6-16(8-10)12(17)9-3-5-14-11(13)7-9/h3,5,7,10H,4,6,8H2,1-2H3,(H2,13,14). The van der Waals surface area contributed by atoms with E-state index in [1.807, 2.05) is 19.0 Å². The Labute approximate surface area is 101 Å². The van der Waals surface area contributed by atoms with Crippen molar-refractivity contribution in [3.8, 4) is 0 Å². The summed E-state index contributed by atoms with van der Waals surface area (Å²) in [6.07, 6.45) is 2.60. The number of nitrogen functional groups attached to an aromatic ring is 1. The zero-order valence-electron chi connectivity index (χ0n) is 10.3. The maximum atomic E-state index is 12.2. The number of likely N-dealkylation sites (tertiary alicyclic amines) is 1. The molecule has 1 fully saturated rings. The van der Waals surface area contributed by atoms with Gasteiger partial charge in [-0.25, -0.2) is 4.98 Å². The number of nitrogens with zero attached hydrogens (tertiary/aromatic N) is 3. The molecule has 2 heterocycles. The fraction of sp³-hybridized carbons (Fsp3) is 0.500. The molecule has 1 aromatic rings. The highest BCUT2D eigenvalue weighted by atomic mass is 16.2. The molecule has 1 unspecified atom stereocenters. The number of carbonyl (C=O) groups is 1. The normalized spacial score (nSPS) is 19.9. The lowest BCUT2D eigenvalue weighted by Crippen LogP contribution is -2.34. The quantitative estimate of drug-likeness (QED) is 0.806. The number of nitrogens with two attached hydrogens (primary N) is 1. The van der Waals surface area contributed by atoms with Gasteiger partial charge in [0.1, 0.15) is 5.82 Å². The lowest BCUT2D eigenvalue weighted by Gasteiger charge is -2.20. The summed E-state index contributed by atoms with van der Waals surface area (Å²) in [6, 6.07) is 3.80. The Kier molecular flexibility index (Phi) is 3.28. The molecule has 1 aliphatic heterocycles. The molecule has 2 rings (SSSR count). The lowest BCUT2D eigenvalue weighted by atomic mass is 10.2. The molecule has 92 valence electrons. The van der Waals surface area contributed by atoms with Crippen molar-refractivity contribution in [2.24, 2.45) is 0 Å². The van der Waals surface area contributed by atoms with Gasteiger partial charge in [0.25, 0.3) is 5.91 Å². The van der Waals surface area contributed by atoms with Gasteiger partial charge in [-0.05, 0) is 32.6 Å². The Bertz CT molecular complexity index is 419. The van der Waals surface area contributed by atoms with Gasteiger partial charge >= 0.3 is 0 Å². The van der Waals surface area contributed by atoms with Crippen molar-refractivity contribution in [2.75, 3.05) is 32.9 Å². The van der Waals surface area contributed by atoms with Crippen LogP contribution in [0.1, 0.15) is 16.8 Å². The Morgan fingerprint density at radius 3 is 2.94 bits per heavy atom. The number of hydrogen-bond acceptors (Lipinski definition) is 4. The van der Waals surface area contributed by atoms with E-state index < -0.39 is 0 Å². The highest BCUT2D eigenvalue weighted by Crippen LogP contribution is 2.16. The Morgan fingerprint density at radius 1 is 1.59 bits per heavy atom. The largest absolute Gasteiger partial charge is 0.384 e. The van der Waals surface area contributed by atoms with E-state index in [0.29, 0.717) is 17.4 Å². The van der Waals surface area contributed by atoms with Gasteiger partial charge in [-0.1, -0.05) is 0 Å². The smallest absolute Gasteiger partial charge is 0.254 e. The van der Waals surface area contributed by atoms with E-state index in [4.69, 9.17) is 5.73 Å². The molecule has 1 aromatic heterocycles. The van der Waals surface area contributed by atoms with Crippen LogP contribution in [0.3, 0.4) is 0 Å². The second kappa shape index (κ2) is 4.71. The maximum absolute atomic E-state index is 12.2. The fourth-order valence-corrected chi connectivity index (χ4v) is 2.11. The molecule has 1 aliphatic rings. The monoisotopic (exact) mass is 234 g/mol. The Balaban J connectivity index is 2.07. The summed E-state index contributed by atoms with van der Waals surface area (Å²) in [5, 5.41) is 0. The van der Waals surface area contributed by atoms with Crippen LogP contribution in [0.5, 0.6) is 0 Å². The minimum absolute atomic E-state index is 0.0449. The number of anilines is 1. The van der Waals surface area contributed by atoms with Crippen LogP contribution < -0.4 is 5.73 Å². The predicted molar refractivity (Wildman–Crippen MR) is 66.6 cm³/mol. The summed E-state index contributed by atoms with van der Waals surface area (Å²) in [5.41, 5.74) is 6.20. The average Bonchev–Trinajstić information content (AvgIpc) is 2.77. The number of hydrogen-bond donors (Lipinski definition) is 1. The number of carbonyl (C=O) groups excluding carboxylic acids is 1. The molecule has 5 heteroatoms. The van der Waals surface area contributed by atoms with E-state index in [1.165, 1.54) is 0 Å². The van der Waals surface area contributed by atoms with Crippen molar-refractivity contribution in [2.45, 2.75) is 12.5 Å². The number of likely N-dealkylation sites (N-methyl/N-ethyl adjacent to an activating group) is 1. The highest BCUT2D eigenvalue weighted by Gasteiger charge is 2.27. The molecule has 0 aromatic carbocycles. The molecule has 1 saturated heterocycles. The third kappa shape index (κ3) is 2.55. The van der Waals surface area contributed by atoms with Crippen LogP contribution in [0, 0.1) is 0 Å². The van der Waals surface area contributed by atoms with Crippen LogP contribution in [0.25, 0.3) is 0 Å². The molecule has 5 nitrogen and oxygen atoms in total. The maximum Gasteiger partial charge on any atom is 0.254 e. The molecular formula is C12H18N4O. The van der Waals surface area contributed by atoms with E-state index >= 15 is 0 Å². The first-order chi connectivity index (χ1) is 8.08. The van der Waals surface area contributed by atoms with E-state index in [9.17, 15) is 4.79 Å². The van der Waals surface area contributed by atoms with Gasteiger partial charge in [0.05, 0.1) is 0 Å². The fourth-order valence-electron chi connectivity index (χ4n) is 2.11. The minimum Gasteiger partial charge on any atom is -0.384 e. The van der Waals surface area contributed by atoms with Gasteiger partial charge in [0, 0.05) is 30.9 Å². The van der Waals surface area contributed by atoms with Gasteiger partial charge in [0.2, 0.25) is 0 Å². The van der Waals surface area contributed by atoms with E-state index in [2.05, 4.69) is 9.88 Å². The number of pyridine rings is 1. The first kappa shape index (κ1) is 11.9. The van der Waals surface area contributed by atoms with E-state index in [0.717, 1.165) is 19.5 Å². The second-order valence-corrected chi connectivity index (χ2v) is 4.63. The van der Waals surface area contributed by atoms with Crippen LogP contribution >= 0.6 is 0 Å². The molecule has 0 radical (unpaired) electrons. The summed E-state index contributed by atoms with van der Waals surface area (Å²) in [4.78, 5) is 20.1. The van der Waals surface area contributed by atoms with Gasteiger partial charge in [-0.3, -0.25) is 4.79 Å². The highest BCUT2D eigenvalue weighted by molar-refractivity contribution is 5.94. The lowest BCUT2D eigenvalue weighted by molar-refractivity contribution is 0.0783. The number of aromatic nitrogens is 1.